The number of amides is 1. The molecule has 238 valence electrons. The molecular formula is C25H29ClN5O11PS. The molecule has 1 aliphatic rings. The molecule has 3 aromatic rings. The normalized spacial score (nSPS) is 13.3. The van der Waals surface area contributed by atoms with E-state index in [9.17, 15) is 32.7 Å². The number of para-hydroxylation sites is 2. The second-order valence-electron chi connectivity index (χ2n) is 8.97. The van der Waals surface area contributed by atoms with E-state index in [4.69, 9.17) is 37.0 Å². The molecule has 0 saturated heterocycles. The first-order valence-electron chi connectivity index (χ1n) is 12.3. The van der Waals surface area contributed by atoms with Crippen molar-refractivity contribution in [3.63, 3.8) is 0 Å². The number of carboxylic acids is 1. The van der Waals surface area contributed by atoms with Crippen LogP contribution in [0.3, 0.4) is 0 Å². The summed E-state index contributed by atoms with van der Waals surface area (Å²) in [6.07, 6.45) is -0.598. The number of nitrogen functional groups attached to an aromatic ring is 1. The highest BCUT2D eigenvalue weighted by Crippen LogP contribution is 2.38. The lowest BCUT2D eigenvalue weighted by Gasteiger charge is -2.31. The van der Waals surface area contributed by atoms with Crippen LogP contribution in [-0.4, -0.2) is 63.3 Å². The van der Waals surface area contributed by atoms with Gasteiger partial charge < -0.3 is 25.4 Å². The highest BCUT2D eigenvalue weighted by Gasteiger charge is 2.36. The number of nitrogens with zero attached hydrogens (tertiary/aromatic N) is 2. The Morgan fingerprint density at radius 2 is 1.73 bits per heavy atom. The summed E-state index contributed by atoms with van der Waals surface area (Å²) in [4.78, 5) is 48.2. The van der Waals surface area contributed by atoms with Crippen LogP contribution < -0.4 is 20.5 Å². The Morgan fingerprint density at radius 3 is 2.27 bits per heavy atom. The summed E-state index contributed by atoms with van der Waals surface area (Å²) in [5.41, 5.74) is 5.96. The lowest BCUT2D eigenvalue weighted by Crippen LogP contribution is -2.48. The zero-order valence-electron chi connectivity index (χ0n) is 23.2. The molecule has 0 atom stereocenters. The van der Waals surface area contributed by atoms with Crippen molar-refractivity contribution < 1.29 is 47.1 Å². The van der Waals surface area contributed by atoms with Gasteiger partial charge in [0.2, 0.25) is 0 Å². The van der Waals surface area contributed by atoms with Gasteiger partial charge in [0.15, 0.2) is 0 Å². The number of nitrogens with one attached hydrogen (secondary N) is 2. The monoisotopic (exact) mass is 673 g/mol. The van der Waals surface area contributed by atoms with Crippen LogP contribution in [0.1, 0.15) is 24.2 Å². The van der Waals surface area contributed by atoms with Crippen molar-refractivity contribution in [2.45, 2.75) is 19.9 Å². The first-order valence-corrected chi connectivity index (χ1v) is 15.9. The second kappa shape index (κ2) is 15.5. The third-order valence-electron chi connectivity index (χ3n) is 5.21. The largest absolute Gasteiger partial charge is 0.480 e. The van der Waals surface area contributed by atoms with E-state index in [0.29, 0.717) is 17.0 Å². The van der Waals surface area contributed by atoms with Gasteiger partial charge in [-0.25, -0.2) is 4.31 Å². The van der Waals surface area contributed by atoms with Crippen LogP contribution >= 0.6 is 19.2 Å². The Balaban J connectivity index is 0.000000240. The molecule has 0 spiro atoms. The van der Waals surface area contributed by atoms with E-state index in [1.54, 1.807) is 62.4 Å². The summed E-state index contributed by atoms with van der Waals surface area (Å²) in [5.74, 6) is -0.767. The van der Waals surface area contributed by atoms with Crippen LogP contribution in [0.5, 0.6) is 11.5 Å². The molecule has 0 aromatic heterocycles. The van der Waals surface area contributed by atoms with Gasteiger partial charge in [0.05, 0.1) is 29.0 Å². The number of carboxylic acid groups (broad SMARTS) is 1. The van der Waals surface area contributed by atoms with E-state index >= 15 is 0 Å². The Labute approximate surface area is 256 Å². The number of halogens is 1. The first kappa shape index (κ1) is 35.9. The zero-order chi connectivity index (χ0) is 33.2. The van der Waals surface area contributed by atoms with Crippen LogP contribution in [0.15, 0.2) is 66.7 Å². The van der Waals surface area contributed by atoms with Gasteiger partial charge in [0.1, 0.15) is 22.2 Å². The topological polar surface area (TPSA) is 252 Å². The Bertz CT molecular complexity index is 1650. The minimum absolute atomic E-state index is 0.0352. The van der Waals surface area contributed by atoms with Gasteiger partial charge in [0.25, 0.3) is 11.6 Å². The third kappa shape index (κ3) is 10.5. The number of benzene rings is 3. The van der Waals surface area contributed by atoms with Gasteiger partial charge in [-0.2, -0.15) is 8.42 Å². The number of rotatable bonds is 8. The van der Waals surface area contributed by atoms with Crippen molar-refractivity contribution >= 4 is 58.3 Å². The number of carbonyl (C=O) groups is 2. The predicted molar refractivity (Wildman–Crippen MR) is 162 cm³/mol. The number of anilines is 2. The number of nitro benzene ring substituents is 1. The molecule has 44 heavy (non-hydrogen) atoms. The van der Waals surface area contributed by atoms with Crippen LogP contribution in [-0.2, 0) is 19.6 Å². The van der Waals surface area contributed by atoms with Crippen molar-refractivity contribution in [1.29, 1.82) is 0 Å². The number of fused-ring (bicyclic) bond motifs is 1. The minimum atomic E-state index is -4.10. The molecule has 0 saturated carbocycles. The van der Waals surface area contributed by atoms with E-state index in [0.717, 1.165) is 4.31 Å². The summed E-state index contributed by atoms with van der Waals surface area (Å²) < 4.78 is 42.4. The molecule has 1 amide bonds. The van der Waals surface area contributed by atoms with Gasteiger partial charge in [-0.3, -0.25) is 34.3 Å². The highest BCUT2D eigenvalue weighted by atomic mass is 35.5. The van der Waals surface area contributed by atoms with Gasteiger partial charge in [-0.1, -0.05) is 41.9 Å². The fourth-order valence-electron chi connectivity index (χ4n) is 3.41. The van der Waals surface area contributed by atoms with Gasteiger partial charge in [-0.05, 0) is 44.2 Å². The number of hydrogen-bond donors (Lipinski definition) is 6. The van der Waals surface area contributed by atoms with Crippen LogP contribution in [0, 0.1) is 10.1 Å². The Kier molecular flexibility index (Phi) is 12.6. The molecule has 1 aliphatic heterocycles. The third-order valence-corrected chi connectivity index (χ3v) is 7.82. The number of carbonyl (C=O) groups excluding carboxylic acids is 1. The van der Waals surface area contributed by atoms with E-state index in [1.807, 2.05) is 6.07 Å². The molecular weight excluding hydrogens is 645 g/mol. The molecule has 0 aliphatic carbocycles. The van der Waals surface area contributed by atoms with Crippen molar-refractivity contribution in [1.82, 2.24) is 9.62 Å². The zero-order valence-corrected chi connectivity index (χ0v) is 25.6. The van der Waals surface area contributed by atoms with Crippen molar-refractivity contribution in [3.8, 4) is 11.5 Å². The van der Waals surface area contributed by atoms with E-state index < -0.39 is 53.5 Å². The lowest BCUT2D eigenvalue weighted by atomic mass is 10.1. The average molecular weight is 674 g/mol. The standard InChI is InChI=1S/C12H9ClN2O3.C10H12N2O3S.C3H8NO5P/c13-11-10(18-8-4-2-1-3-5-8)7-6-9(12(11)14)15(16)17;1-7(2)12-10(13)8-5-3-4-6-9(8)11-16(12,14)15;5-3(6)1-4-2-10(7,8)9/h1-7H,14H2;3-7,11H,1-2H3;4H,1-2H2,(H,5,6)(H2,7,8,9). The summed E-state index contributed by atoms with van der Waals surface area (Å²) >= 11 is 5.94. The van der Waals surface area contributed by atoms with E-state index in [1.165, 1.54) is 12.1 Å². The molecule has 19 heteroatoms. The summed E-state index contributed by atoms with van der Waals surface area (Å²) in [7, 11) is -7.85. The number of ether oxygens (including phenoxy) is 1. The molecule has 0 radical (unpaired) electrons. The number of nitrogens with two attached hydrogens (primary N) is 1. The van der Waals surface area contributed by atoms with Crippen molar-refractivity contribution in [2.24, 2.45) is 0 Å². The lowest BCUT2D eigenvalue weighted by molar-refractivity contribution is -0.383. The summed E-state index contributed by atoms with van der Waals surface area (Å²) in [5, 5.41) is 20.8. The molecule has 0 unspecified atom stereocenters. The maximum atomic E-state index is 12.0. The summed E-state index contributed by atoms with van der Waals surface area (Å²) in [6, 6.07) is 17.8. The van der Waals surface area contributed by atoms with Gasteiger partial charge in [-0.15, -0.1) is 0 Å². The quantitative estimate of drug-likeness (QED) is 0.0865. The van der Waals surface area contributed by atoms with Gasteiger partial charge in [0, 0.05) is 12.1 Å². The average Bonchev–Trinajstić information content (AvgIpc) is 2.91. The highest BCUT2D eigenvalue weighted by molar-refractivity contribution is 7.91. The van der Waals surface area contributed by atoms with Crippen molar-refractivity contribution in [3.05, 3.63) is 87.4 Å². The van der Waals surface area contributed by atoms with Crippen molar-refractivity contribution in [2.75, 3.05) is 23.3 Å². The van der Waals surface area contributed by atoms with Crippen LogP contribution in [0.25, 0.3) is 0 Å². The van der Waals surface area contributed by atoms with Gasteiger partial charge >= 0.3 is 23.8 Å². The van der Waals surface area contributed by atoms with Crippen LogP contribution in [0.4, 0.5) is 17.1 Å². The summed E-state index contributed by atoms with van der Waals surface area (Å²) in [6.45, 7) is 2.88. The number of hydrogen-bond acceptors (Lipinski definition) is 10. The molecule has 3 aromatic carbocycles. The maximum Gasteiger partial charge on any atom is 0.339 e. The minimum Gasteiger partial charge on any atom is -0.480 e. The fourth-order valence-corrected chi connectivity index (χ4v) is 5.44. The fraction of sp³-hybridized carbons (Fsp3) is 0.200. The molecule has 0 fully saturated rings. The molecule has 7 N–H and O–H groups in total. The molecule has 1 heterocycles. The van der Waals surface area contributed by atoms with E-state index in [-0.39, 0.29) is 22.1 Å². The first-order chi connectivity index (χ1) is 20.4. The predicted octanol–water partition coefficient (Wildman–Crippen LogP) is 3.63. The molecule has 0 bridgehead atoms. The Morgan fingerprint density at radius 1 is 1.14 bits per heavy atom. The number of nitro groups is 1. The second-order valence-corrected chi connectivity index (χ2v) is 12.5. The molecule has 16 nitrogen and oxygen atoms in total. The van der Waals surface area contributed by atoms with Crippen LogP contribution in [0.2, 0.25) is 5.02 Å². The smallest absolute Gasteiger partial charge is 0.339 e. The Hall–Kier alpha value is -4.25. The SMILES string of the molecule is CC(C)N1C(=O)c2ccccc2NS1(=O)=O.Nc1c([N+](=O)[O-])ccc(Oc2ccccc2)c1Cl.O=C(O)CNCP(=O)(O)O. The van der Waals surface area contributed by atoms with E-state index in [2.05, 4.69) is 10.0 Å². The maximum absolute atomic E-state index is 12.0. The molecule has 4 rings (SSSR count). The number of aliphatic carboxylic acids is 1.